The molecular formula is C32H29N3O5. The number of rotatable bonds is 8. The average molecular weight is 536 g/mol. The molecule has 0 saturated carbocycles. The first kappa shape index (κ1) is 26.5. The van der Waals surface area contributed by atoms with Crippen molar-refractivity contribution in [2.75, 3.05) is 17.7 Å². The number of ether oxygens (including phenoxy) is 2. The summed E-state index contributed by atoms with van der Waals surface area (Å²) in [7, 11) is 1.54. The Bertz CT molecular complexity index is 1500. The second-order valence-electron chi connectivity index (χ2n) is 9.53. The molecule has 3 amide bonds. The number of hydrogen-bond acceptors (Lipinski definition) is 5. The van der Waals surface area contributed by atoms with Crippen LogP contribution in [0.4, 0.5) is 16.2 Å². The zero-order valence-corrected chi connectivity index (χ0v) is 22.2. The molecule has 1 heterocycles. The van der Waals surface area contributed by atoms with Gasteiger partial charge in [-0.05, 0) is 60.5 Å². The number of carbonyl (C=O) groups is 3. The third kappa shape index (κ3) is 5.96. The van der Waals surface area contributed by atoms with Crippen LogP contribution in [0.25, 0.3) is 0 Å². The molecule has 4 aromatic rings. The number of nitrogens with zero attached hydrogens (tertiary/aromatic N) is 1. The first-order valence-electron chi connectivity index (χ1n) is 12.9. The van der Waals surface area contributed by atoms with Crippen molar-refractivity contribution in [3.8, 4) is 5.75 Å². The minimum atomic E-state index is -0.911. The van der Waals surface area contributed by atoms with Crippen molar-refractivity contribution >= 4 is 29.3 Å². The van der Waals surface area contributed by atoms with E-state index in [4.69, 9.17) is 9.47 Å². The highest BCUT2D eigenvalue weighted by molar-refractivity contribution is 6.04. The van der Waals surface area contributed by atoms with Gasteiger partial charge in [-0.15, -0.1) is 0 Å². The van der Waals surface area contributed by atoms with Gasteiger partial charge in [0.25, 0.3) is 11.8 Å². The summed E-state index contributed by atoms with van der Waals surface area (Å²) in [4.78, 5) is 40.8. The second kappa shape index (κ2) is 11.7. The van der Waals surface area contributed by atoms with Crippen molar-refractivity contribution in [2.24, 2.45) is 0 Å². The molecule has 1 aliphatic heterocycles. The maximum Gasteiger partial charge on any atom is 0.411 e. The van der Waals surface area contributed by atoms with Gasteiger partial charge in [0, 0.05) is 16.9 Å². The molecule has 8 nitrogen and oxygen atoms in total. The van der Waals surface area contributed by atoms with Crippen LogP contribution in [0.5, 0.6) is 5.75 Å². The summed E-state index contributed by atoms with van der Waals surface area (Å²) in [5.74, 6) is -0.0611. The fourth-order valence-electron chi connectivity index (χ4n) is 4.56. The standard InChI is InChI=1S/C32H29N3O5/c1-21-11-13-22(14-12-21)20-35-28(31(37)34-25-8-4-3-5-9-25)29(40-32(35)38)23-15-17-26(18-16-23)33-30(36)24-7-6-10-27(19-24)39-2/h3-19,28-29H,20H2,1-2H3,(H,33,36)(H,34,37)/t28-,29-/m1/s1. The topological polar surface area (TPSA) is 97.0 Å². The quantitative estimate of drug-likeness (QED) is 0.290. The van der Waals surface area contributed by atoms with Gasteiger partial charge < -0.3 is 20.1 Å². The molecule has 0 aliphatic carbocycles. The fourth-order valence-corrected chi connectivity index (χ4v) is 4.56. The Labute approximate surface area is 232 Å². The Kier molecular flexibility index (Phi) is 7.77. The summed E-state index contributed by atoms with van der Waals surface area (Å²) in [6, 6.07) is 29.8. The normalized spacial score (nSPS) is 16.2. The van der Waals surface area contributed by atoms with Gasteiger partial charge in [-0.1, -0.05) is 66.2 Å². The third-order valence-corrected chi connectivity index (χ3v) is 6.70. The summed E-state index contributed by atoms with van der Waals surface area (Å²) in [5, 5.41) is 5.77. The lowest BCUT2D eigenvalue weighted by atomic mass is 10.00. The van der Waals surface area contributed by atoms with Crippen LogP contribution in [0.2, 0.25) is 0 Å². The summed E-state index contributed by atoms with van der Waals surface area (Å²) in [6.07, 6.45) is -1.42. The zero-order valence-electron chi connectivity index (χ0n) is 22.2. The van der Waals surface area contributed by atoms with Crippen LogP contribution < -0.4 is 15.4 Å². The van der Waals surface area contributed by atoms with Crippen LogP contribution in [-0.4, -0.2) is 36.0 Å². The number of carbonyl (C=O) groups excluding carboxylic acids is 3. The van der Waals surface area contributed by atoms with Gasteiger partial charge in [0.2, 0.25) is 0 Å². The molecule has 1 saturated heterocycles. The Balaban J connectivity index is 1.38. The molecule has 0 bridgehead atoms. The van der Waals surface area contributed by atoms with E-state index < -0.39 is 18.2 Å². The van der Waals surface area contributed by atoms with E-state index in [2.05, 4.69) is 10.6 Å². The molecule has 5 rings (SSSR count). The van der Waals surface area contributed by atoms with Crippen molar-refractivity contribution < 1.29 is 23.9 Å². The molecule has 40 heavy (non-hydrogen) atoms. The summed E-state index contributed by atoms with van der Waals surface area (Å²) in [6.45, 7) is 2.21. The number of anilines is 2. The van der Waals surface area contributed by atoms with Crippen LogP contribution in [-0.2, 0) is 16.1 Å². The summed E-state index contributed by atoms with van der Waals surface area (Å²) < 4.78 is 11.0. The van der Waals surface area contributed by atoms with Crippen LogP contribution in [0.1, 0.15) is 33.2 Å². The Morgan fingerprint density at radius 2 is 1.55 bits per heavy atom. The number of methoxy groups -OCH3 is 1. The van der Waals surface area contributed by atoms with Crippen LogP contribution in [0, 0.1) is 6.92 Å². The van der Waals surface area contributed by atoms with E-state index in [9.17, 15) is 14.4 Å². The maximum atomic E-state index is 13.6. The van der Waals surface area contributed by atoms with Crippen molar-refractivity contribution in [2.45, 2.75) is 25.6 Å². The number of nitrogens with one attached hydrogen (secondary N) is 2. The van der Waals surface area contributed by atoms with Crippen LogP contribution in [0.15, 0.2) is 103 Å². The van der Waals surface area contributed by atoms with Crippen molar-refractivity contribution in [3.05, 3.63) is 125 Å². The van der Waals surface area contributed by atoms with E-state index in [1.165, 1.54) is 4.90 Å². The van der Waals surface area contributed by atoms with E-state index in [0.29, 0.717) is 28.3 Å². The second-order valence-corrected chi connectivity index (χ2v) is 9.53. The molecule has 4 aromatic carbocycles. The highest BCUT2D eigenvalue weighted by Gasteiger charge is 2.47. The summed E-state index contributed by atoms with van der Waals surface area (Å²) in [5.41, 5.74) is 4.25. The number of cyclic esters (lactones) is 1. The first-order chi connectivity index (χ1) is 19.4. The largest absolute Gasteiger partial charge is 0.497 e. The minimum absolute atomic E-state index is 0.219. The van der Waals surface area contributed by atoms with E-state index in [1.54, 1.807) is 67.8 Å². The number of para-hydroxylation sites is 1. The Morgan fingerprint density at radius 3 is 2.25 bits per heavy atom. The number of amides is 3. The smallest absolute Gasteiger partial charge is 0.411 e. The molecule has 0 radical (unpaired) electrons. The monoisotopic (exact) mass is 535 g/mol. The molecule has 1 fully saturated rings. The maximum absolute atomic E-state index is 13.6. The average Bonchev–Trinajstić information content (AvgIpc) is 3.30. The van der Waals surface area contributed by atoms with Gasteiger partial charge in [0.15, 0.2) is 12.1 Å². The zero-order chi connectivity index (χ0) is 28.1. The fraction of sp³-hybridized carbons (Fsp3) is 0.156. The van der Waals surface area contributed by atoms with Gasteiger partial charge in [-0.25, -0.2) is 4.79 Å². The molecule has 0 unspecified atom stereocenters. The number of aryl methyl sites for hydroxylation is 1. The first-order valence-corrected chi connectivity index (χ1v) is 12.9. The highest BCUT2D eigenvalue weighted by atomic mass is 16.6. The summed E-state index contributed by atoms with van der Waals surface area (Å²) >= 11 is 0. The SMILES string of the molecule is COc1cccc(C(=O)Nc2ccc([C@H]3OC(=O)N(Cc4ccc(C)cc4)[C@H]3C(=O)Nc3ccccc3)cc2)c1. The molecule has 0 aromatic heterocycles. The van der Waals surface area contributed by atoms with Gasteiger partial charge in [0.05, 0.1) is 13.7 Å². The third-order valence-electron chi connectivity index (χ3n) is 6.70. The molecule has 0 spiro atoms. The molecule has 2 atom stereocenters. The molecule has 2 N–H and O–H groups in total. The van der Waals surface area contributed by atoms with E-state index >= 15 is 0 Å². The van der Waals surface area contributed by atoms with Crippen molar-refractivity contribution in [1.29, 1.82) is 0 Å². The molecular weight excluding hydrogens is 506 g/mol. The molecule has 8 heteroatoms. The lowest BCUT2D eigenvalue weighted by Crippen LogP contribution is -2.43. The Hall–Kier alpha value is -5.11. The lowest BCUT2D eigenvalue weighted by Gasteiger charge is -2.24. The van der Waals surface area contributed by atoms with Gasteiger partial charge in [-0.3, -0.25) is 14.5 Å². The van der Waals surface area contributed by atoms with Gasteiger partial charge in [0.1, 0.15) is 5.75 Å². The predicted molar refractivity (Wildman–Crippen MR) is 152 cm³/mol. The van der Waals surface area contributed by atoms with Gasteiger partial charge in [-0.2, -0.15) is 0 Å². The van der Waals surface area contributed by atoms with Crippen molar-refractivity contribution in [3.63, 3.8) is 0 Å². The molecule has 1 aliphatic rings. The van der Waals surface area contributed by atoms with Crippen LogP contribution in [0.3, 0.4) is 0 Å². The van der Waals surface area contributed by atoms with Crippen molar-refractivity contribution in [1.82, 2.24) is 4.90 Å². The number of hydrogen-bond donors (Lipinski definition) is 2. The Morgan fingerprint density at radius 1 is 0.850 bits per heavy atom. The van der Waals surface area contributed by atoms with E-state index in [-0.39, 0.29) is 18.4 Å². The minimum Gasteiger partial charge on any atom is -0.497 e. The van der Waals surface area contributed by atoms with E-state index in [0.717, 1.165) is 11.1 Å². The van der Waals surface area contributed by atoms with E-state index in [1.807, 2.05) is 49.4 Å². The van der Waals surface area contributed by atoms with Crippen LogP contribution >= 0.6 is 0 Å². The predicted octanol–water partition coefficient (Wildman–Crippen LogP) is 5.96. The van der Waals surface area contributed by atoms with Gasteiger partial charge >= 0.3 is 6.09 Å². The lowest BCUT2D eigenvalue weighted by molar-refractivity contribution is -0.121. The highest BCUT2D eigenvalue weighted by Crippen LogP contribution is 2.35. The number of benzene rings is 4. The molecule has 202 valence electrons.